The van der Waals surface area contributed by atoms with Gasteiger partial charge in [-0.25, -0.2) is 0 Å². The molecular weight excluding hydrogens is 464 g/mol. The number of imide groups is 1. The zero-order chi connectivity index (χ0) is 19.9. The van der Waals surface area contributed by atoms with E-state index >= 15 is 0 Å². The van der Waals surface area contributed by atoms with Gasteiger partial charge < -0.3 is 10.1 Å². The Morgan fingerprint density at radius 2 is 1.96 bits per heavy atom. The maximum Gasteiger partial charge on any atom is 0.257 e. The third kappa shape index (κ3) is 5.78. The molecule has 2 amide bonds. The van der Waals surface area contributed by atoms with Gasteiger partial charge in [0.05, 0.1) is 12.9 Å². The lowest BCUT2D eigenvalue weighted by atomic mass is 10.2. The van der Waals surface area contributed by atoms with Crippen LogP contribution in [0.3, 0.4) is 0 Å². The monoisotopic (exact) mass is 478 g/mol. The average molecular weight is 479 g/mol. The quantitative estimate of drug-likeness (QED) is 0.493. The van der Waals surface area contributed by atoms with Crippen LogP contribution >= 0.6 is 39.0 Å². The van der Waals surface area contributed by atoms with Crippen LogP contribution in [0.25, 0.3) is 0 Å². The number of carbonyl (C=O) groups excluding carboxylic acids is 2. The van der Waals surface area contributed by atoms with E-state index in [0.717, 1.165) is 10.2 Å². The molecule has 0 spiro atoms. The minimum Gasteiger partial charge on any atom is -0.497 e. The molecule has 1 aromatic heterocycles. The fourth-order valence-electron chi connectivity index (χ4n) is 2.11. The van der Waals surface area contributed by atoms with Crippen LogP contribution < -0.4 is 15.4 Å². The topological polar surface area (TPSA) is 93.2 Å². The number of hydrogen-bond donors (Lipinski definition) is 2. The van der Waals surface area contributed by atoms with E-state index in [1.165, 1.54) is 23.1 Å². The predicted octanol–water partition coefficient (Wildman–Crippen LogP) is 4.10. The minimum absolute atomic E-state index is 0.0629. The van der Waals surface area contributed by atoms with Crippen molar-refractivity contribution in [1.29, 1.82) is 0 Å². The van der Waals surface area contributed by atoms with Gasteiger partial charge in [-0.05, 0) is 42.5 Å². The Morgan fingerprint density at radius 3 is 2.68 bits per heavy atom. The van der Waals surface area contributed by atoms with Crippen molar-refractivity contribution in [3.8, 4) is 5.75 Å². The molecule has 0 saturated carbocycles. The van der Waals surface area contributed by atoms with Crippen LogP contribution in [0.4, 0.5) is 10.8 Å². The number of thioether (sulfide) groups is 1. The highest BCUT2D eigenvalue weighted by Gasteiger charge is 2.13. The van der Waals surface area contributed by atoms with Gasteiger partial charge in [-0.1, -0.05) is 45.1 Å². The van der Waals surface area contributed by atoms with Crippen LogP contribution in [0.1, 0.15) is 10.4 Å². The van der Waals surface area contributed by atoms with Crippen LogP contribution in [0.2, 0.25) is 0 Å². The zero-order valence-electron chi connectivity index (χ0n) is 14.6. The normalized spacial score (nSPS) is 10.4. The first-order chi connectivity index (χ1) is 13.5. The molecule has 0 fully saturated rings. The van der Waals surface area contributed by atoms with Crippen molar-refractivity contribution in [3.63, 3.8) is 0 Å². The molecule has 3 aromatic rings. The number of nitrogens with one attached hydrogen (secondary N) is 2. The second-order valence-electron chi connectivity index (χ2n) is 5.40. The van der Waals surface area contributed by atoms with Gasteiger partial charge in [0.2, 0.25) is 11.0 Å². The number of ether oxygens (including phenoxy) is 1. The molecule has 0 saturated heterocycles. The lowest BCUT2D eigenvalue weighted by molar-refractivity contribution is -0.117. The summed E-state index contributed by atoms with van der Waals surface area (Å²) in [4.78, 5) is 24.1. The first-order valence-electron chi connectivity index (χ1n) is 8.00. The van der Waals surface area contributed by atoms with Crippen LogP contribution in [0, 0.1) is 0 Å². The van der Waals surface area contributed by atoms with Crippen molar-refractivity contribution in [3.05, 3.63) is 58.6 Å². The second kappa shape index (κ2) is 9.67. The lowest BCUT2D eigenvalue weighted by Crippen LogP contribution is -2.31. The van der Waals surface area contributed by atoms with Crippen molar-refractivity contribution in [2.75, 3.05) is 18.2 Å². The molecule has 2 aromatic carbocycles. The average Bonchev–Trinajstić information content (AvgIpc) is 3.14. The Bertz CT molecular complexity index is 979. The van der Waals surface area contributed by atoms with Gasteiger partial charge in [-0.3, -0.25) is 14.9 Å². The van der Waals surface area contributed by atoms with Gasteiger partial charge in [-0.2, -0.15) is 0 Å². The summed E-state index contributed by atoms with van der Waals surface area (Å²) in [5.74, 6) is -0.153. The Kier molecular flexibility index (Phi) is 7.01. The molecule has 0 aliphatic carbocycles. The Labute approximate surface area is 178 Å². The number of carbonyl (C=O) groups is 2. The smallest absolute Gasteiger partial charge is 0.257 e. The Balaban J connectivity index is 1.49. The molecule has 28 heavy (non-hydrogen) atoms. The van der Waals surface area contributed by atoms with Gasteiger partial charge in [0, 0.05) is 15.7 Å². The maximum absolute atomic E-state index is 12.1. The number of amides is 2. The fourth-order valence-corrected chi connectivity index (χ4v) is 4.08. The van der Waals surface area contributed by atoms with Crippen molar-refractivity contribution < 1.29 is 14.3 Å². The largest absolute Gasteiger partial charge is 0.497 e. The third-order valence-corrected chi connectivity index (χ3v) is 5.88. The maximum atomic E-state index is 12.1. The highest BCUT2D eigenvalue weighted by Crippen LogP contribution is 2.28. The van der Waals surface area contributed by atoms with Gasteiger partial charge in [0.15, 0.2) is 4.34 Å². The summed E-state index contributed by atoms with van der Waals surface area (Å²) in [5.41, 5.74) is 1.26. The molecule has 144 valence electrons. The third-order valence-electron chi connectivity index (χ3n) is 3.41. The van der Waals surface area contributed by atoms with E-state index in [-0.39, 0.29) is 5.75 Å². The summed E-state index contributed by atoms with van der Waals surface area (Å²) >= 11 is 5.96. The van der Waals surface area contributed by atoms with E-state index in [4.69, 9.17) is 4.74 Å². The minimum atomic E-state index is -0.456. The molecule has 0 unspecified atom stereocenters. The Morgan fingerprint density at radius 1 is 1.18 bits per heavy atom. The number of benzene rings is 2. The predicted molar refractivity (Wildman–Crippen MR) is 114 cm³/mol. The van der Waals surface area contributed by atoms with E-state index in [1.54, 1.807) is 31.4 Å². The zero-order valence-corrected chi connectivity index (χ0v) is 17.9. The van der Waals surface area contributed by atoms with E-state index in [2.05, 4.69) is 36.8 Å². The number of nitrogens with zero attached hydrogens (tertiary/aromatic N) is 2. The van der Waals surface area contributed by atoms with Crippen LogP contribution in [-0.2, 0) is 4.79 Å². The number of aromatic nitrogens is 2. The second-order valence-corrected chi connectivity index (χ2v) is 8.52. The molecule has 0 bridgehead atoms. The van der Waals surface area contributed by atoms with Gasteiger partial charge in [0.1, 0.15) is 5.75 Å². The van der Waals surface area contributed by atoms with Gasteiger partial charge in [-0.15, -0.1) is 10.2 Å². The molecule has 7 nitrogen and oxygen atoms in total. The van der Waals surface area contributed by atoms with Crippen molar-refractivity contribution in [1.82, 2.24) is 15.5 Å². The standard InChI is InChI=1S/C18H15BrN4O3S2/c1-26-14-7-5-11(6-8-14)16(25)21-15(24)10-27-18-23-22-17(28-18)20-13-4-2-3-12(19)9-13/h2-9H,10H2,1H3,(H,20,22)(H,21,24,25). The van der Waals surface area contributed by atoms with Crippen molar-refractivity contribution in [2.24, 2.45) is 0 Å². The lowest BCUT2D eigenvalue weighted by Gasteiger charge is -2.04. The SMILES string of the molecule is COc1ccc(C(=O)NC(=O)CSc2nnc(Nc3cccc(Br)c3)s2)cc1. The molecule has 1 heterocycles. The van der Waals surface area contributed by atoms with Crippen LogP contribution in [-0.4, -0.2) is 34.9 Å². The number of hydrogen-bond acceptors (Lipinski definition) is 8. The molecule has 3 rings (SSSR count). The highest BCUT2D eigenvalue weighted by molar-refractivity contribution is 9.10. The van der Waals surface area contributed by atoms with Crippen LogP contribution in [0.5, 0.6) is 5.75 Å². The van der Waals surface area contributed by atoms with Crippen LogP contribution in [0.15, 0.2) is 57.3 Å². The molecule has 0 atom stereocenters. The van der Waals surface area contributed by atoms with Gasteiger partial charge in [0.25, 0.3) is 5.91 Å². The van der Waals surface area contributed by atoms with E-state index in [1.807, 2.05) is 24.3 Å². The first-order valence-corrected chi connectivity index (χ1v) is 10.6. The molecule has 0 radical (unpaired) electrons. The van der Waals surface area contributed by atoms with E-state index < -0.39 is 11.8 Å². The Hall–Kier alpha value is -2.43. The summed E-state index contributed by atoms with van der Waals surface area (Å²) in [6.45, 7) is 0. The molecule has 0 aliphatic rings. The molecular formula is C18H15BrN4O3S2. The number of methoxy groups -OCH3 is 1. The van der Waals surface area contributed by atoms with Gasteiger partial charge >= 0.3 is 0 Å². The summed E-state index contributed by atoms with van der Waals surface area (Å²) in [7, 11) is 1.54. The van der Waals surface area contributed by atoms with Crippen molar-refractivity contribution >= 4 is 61.7 Å². The summed E-state index contributed by atoms with van der Waals surface area (Å²) < 4.78 is 6.62. The highest BCUT2D eigenvalue weighted by atomic mass is 79.9. The molecule has 2 N–H and O–H groups in total. The summed E-state index contributed by atoms with van der Waals surface area (Å²) in [5, 5.41) is 14.2. The van der Waals surface area contributed by atoms with E-state index in [0.29, 0.717) is 20.8 Å². The number of anilines is 2. The van der Waals surface area contributed by atoms with E-state index in [9.17, 15) is 9.59 Å². The first kappa shape index (κ1) is 20.3. The molecule has 0 aliphatic heterocycles. The number of halogens is 1. The molecule has 10 heteroatoms. The summed E-state index contributed by atoms with van der Waals surface area (Å²) in [6, 6.07) is 14.2. The number of rotatable bonds is 7. The fraction of sp³-hybridized carbons (Fsp3) is 0.111. The summed E-state index contributed by atoms with van der Waals surface area (Å²) in [6.07, 6.45) is 0. The van der Waals surface area contributed by atoms with Crippen molar-refractivity contribution in [2.45, 2.75) is 4.34 Å².